The van der Waals surface area contributed by atoms with Gasteiger partial charge in [-0.05, 0) is 24.5 Å². The molecule has 0 aromatic heterocycles. The van der Waals surface area contributed by atoms with E-state index in [1.54, 1.807) is 13.2 Å². The lowest BCUT2D eigenvalue weighted by Crippen LogP contribution is -2.25. The number of amides is 1. The number of carbonyl (C=O) groups is 2. The molecule has 0 atom stereocenters. The molecule has 2 N–H and O–H groups in total. The lowest BCUT2D eigenvalue weighted by molar-refractivity contribution is -0.137. The first kappa shape index (κ1) is 17.2. The normalized spacial score (nSPS) is 10.3. The third-order valence-electron chi connectivity index (χ3n) is 3.16. The zero-order valence-electron chi connectivity index (χ0n) is 12.4. The first-order valence-electron chi connectivity index (χ1n) is 7.22. The van der Waals surface area contributed by atoms with E-state index in [4.69, 9.17) is 9.84 Å². The predicted octanol–water partition coefficient (Wildman–Crippen LogP) is 2.60. The molecule has 0 saturated carbocycles. The summed E-state index contributed by atoms with van der Waals surface area (Å²) in [6, 6.07) is 7.38. The van der Waals surface area contributed by atoms with E-state index >= 15 is 0 Å². The van der Waals surface area contributed by atoms with Gasteiger partial charge < -0.3 is 15.2 Å². The molecule has 0 saturated heterocycles. The first-order chi connectivity index (χ1) is 10.1. The molecule has 0 aliphatic heterocycles. The predicted molar refractivity (Wildman–Crippen MR) is 80.2 cm³/mol. The Morgan fingerprint density at radius 3 is 2.57 bits per heavy atom. The lowest BCUT2D eigenvalue weighted by Gasteiger charge is -2.09. The molecule has 1 amide bonds. The molecule has 0 unspecified atom stereocenters. The van der Waals surface area contributed by atoms with E-state index in [0.717, 1.165) is 24.8 Å². The molecule has 1 aromatic carbocycles. The van der Waals surface area contributed by atoms with Crippen molar-refractivity contribution in [3.8, 4) is 0 Å². The number of hydrogen-bond donors (Lipinski definition) is 2. The molecule has 0 bridgehead atoms. The van der Waals surface area contributed by atoms with Crippen LogP contribution in [0.2, 0.25) is 0 Å². The minimum Gasteiger partial charge on any atom is -0.481 e. The van der Waals surface area contributed by atoms with Gasteiger partial charge in [0, 0.05) is 25.6 Å². The van der Waals surface area contributed by atoms with E-state index in [9.17, 15) is 9.59 Å². The Balaban J connectivity index is 2.26. The molecule has 0 aliphatic rings. The van der Waals surface area contributed by atoms with Crippen LogP contribution in [0.5, 0.6) is 0 Å². The Bertz CT molecular complexity index is 459. The van der Waals surface area contributed by atoms with Gasteiger partial charge in [0.1, 0.15) is 0 Å². The van der Waals surface area contributed by atoms with Crippen LogP contribution in [0.1, 0.15) is 48.0 Å². The van der Waals surface area contributed by atoms with E-state index in [2.05, 4.69) is 5.32 Å². The molecule has 21 heavy (non-hydrogen) atoms. The molecule has 0 fully saturated rings. The minimum absolute atomic E-state index is 0.0896. The number of nitrogens with one attached hydrogen (secondary N) is 1. The van der Waals surface area contributed by atoms with Crippen LogP contribution >= 0.6 is 0 Å². The molecular weight excluding hydrogens is 270 g/mol. The summed E-state index contributed by atoms with van der Waals surface area (Å²) in [4.78, 5) is 22.4. The van der Waals surface area contributed by atoms with Crippen molar-refractivity contribution in [1.29, 1.82) is 0 Å². The van der Waals surface area contributed by atoms with Crippen molar-refractivity contribution < 1.29 is 19.4 Å². The van der Waals surface area contributed by atoms with Gasteiger partial charge in [-0.2, -0.15) is 0 Å². The third-order valence-corrected chi connectivity index (χ3v) is 3.16. The van der Waals surface area contributed by atoms with Crippen molar-refractivity contribution in [2.24, 2.45) is 0 Å². The maximum absolute atomic E-state index is 12.1. The van der Waals surface area contributed by atoms with E-state index in [1.165, 1.54) is 0 Å². The average molecular weight is 293 g/mol. The number of methoxy groups -OCH3 is 1. The fourth-order valence-electron chi connectivity index (χ4n) is 2.08. The summed E-state index contributed by atoms with van der Waals surface area (Å²) in [6.07, 6.45) is 3.57. The molecule has 116 valence electrons. The summed E-state index contributed by atoms with van der Waals surface area (Å²) in [5.41, 5.74) is 1.52. The number of rotatable bonds is 10. The van der Waals surface area contributed by atoms with Crippen LogP contribution in [0.4, 0.5) is 0 Å². The maximum Gasteiger partial charge on any atom is 0.303 e. The second kappa shape index (κ2) is 9.94. The Labute approximate surface area is 125 Å². The molecular formula is C16H23NO4. The van der Waals surface area contributed by atoms with Gasteiger partial charge in [0.15, 0.2) is 0 Å². The van der Waals surface area contributed by atoms with E-state index < -0.39 is 5.97 Å². The first-order valence-corrected chi connectivity index (χ1v) is 7.22. The SMILES string of the molecule is COCc1ccccc1C(=O)NCCCCCCC(=O)O. The molecule has 1 rings (SSSR count). The van der Waals surface area contributed by atoms with Crippen LogP contribution in [0, 0.1) is 0 Å². The molecule has 1 aromatic rings. The third kappa shape index (κ3) is 6.90. The number of hydrogen-bond acceptors (Lipinski definition) is 3. The number of carbonyl (C=O) groups excluding carboxylic acids is 1. The number of ether oxygens (including phenoxy) is 1. The van der Waals surface area contributed by atoms with Crippen LogP contribution in [0.15, 0.2) is 24.3 Å². The van der Waals surface area contributed by atoms with Crippen LogP contribution in [-0.4, -0.2) is 30.6 Å². The highest BCUT2D eigenvalue weighted by Crippen LogP contribution is 2.10. The minimum atomic E-state index is -0.752. The fourth-order valence-corrected chi connectivity index (χ4v) is 2.08. The Hall–Kier alpha value is -1.88. The van der Waals surface area contributed by atoms with Gasteiger partial charge >= 0.3 is 5.97 Å². The summed E-state index contributed by atoms with van der Waals surface area (Å²) in [5.74, 6) is -0.841. The van der Waals surface area contributed by atoms with Gasteiger partial charge in [-0.1, -0.05) is 31.0 Å². The van der Waals surface area contributed by atoms with Gasteiger partial charge in [0.2, 0.25) is 0 Å². The Morgan fingerprint density at radius 1 is 1.14 bits per heavy atom. The molecule has 0 heterocycles. The highest BCUT2D eigenvalue weighted by molar-refractivity contribution is 5.95. The highest BCUT2D eigenvalue weighted by atomic mass is 16.5. The van der Waals surface area contributed by atoms with Gasteiger partial charge in [-0.15, -0.1) is 0 Å². The molecule has 0 aliphatic carbocycles. The van der Waals surface area contributed by atoms with Crippen LogP contribution in [0.25, 0.3) is 0 Å². The molecule has 0 spiro atoms. The van der Waals surface area contributed by atoms with Crippen LogP contribution in [-0.2, 0) is 16.1 Å². The van der Waals surface area contributed by atoms with Crippen molar-refractivity contribution in [1.82, 2.24) is 5.32 Å². The number of carboxylic acid groups (broad SMARTS) is 1. The summed E-state index contributed by atoms with van der Waals surface area (Å²) in [6.45, 7) is 1.02. The highest BCUT2D eigenvalue weighted by Gasteiger charge is 2.09. The van der Waals surface area contributed by atoms with Gasteiger partial charge in [-0.3, -0.25) is 9.59 Å². The summed E-state index contributed by atoms with van der Waals surface area (Å²) in [5, 5.41) is 11.4. The fraction of sp³-hybridized carbons (Fsp3) is 0.500. The van der Waals surface area contributed by atoms with Crippen molar-refractivity contribution >= 4 is 11.9 Å². The number of aliphatic carboxylic acids is 1. The standard InChI is InChI=1S/C16H23NO4/c1-21-12-13-8-5-6-9-14(13)16(20)17-11-7-3-2-4-10-15(18)19/h5-6,8-9H,2-4,7,10-12H2,1H3,(H,17,20)(H,18,19). The van der Waals surface area contributed by atoms with Crippen molar-refractivity contribution in [2.75, 3.05) is 13.7 Å². The van der Waals surface area contributed by atoms with Crippen LogP contribution in [0.3, 0.4) is 0 Å². The number of benzene rings is 1. The molecule has 5 nitrogen and oxygen atoms in total. The summed E-state index contributed by atoms with van der Waals surface area (Å²) >= 11 is 0. The zero-order chi connectivity index (χ0) is 15.5. The quantitative estimate of drug-likeness (QED) is 0.650. The summed E-state index contributed by atoms with van der Waals surface area (Å²) < 4.78 is 5.08. The monoisotopic (exact) mass is 293 g/mol. The van der Waals surface area contributed by atoms with Gasteiger partial charge in [0.25, 0.3) is 5.91 Å². The van der Waals surface area contributed by atoms with Crippen molar-refractivity contribution in [3.63, 3.8) is 0 Å². The van der Waals surface area contributed by atoms with Crippen LogP contribution < -0.4 is 5.32 Å². The largest absolute Gasteiger partial charge is 0.481 e. The second-order valence-corrected chi connectivity index (χ2v) is 4.90. The lowest BCUT2D eigenvalue weighted by atomic mass is 10.1. The topological polar surface area (TPSA) is 75.6 Å². The van der Waals surface area contributed by atoms with Gasteiger partial charge in [0.05, 0.1) is 6.61 Å². The van der Waals surface area contributed by atoms with E-state index in [1.807, 2.05) is 18.2 Å². The van der Waals surface area contributed by atoms with Gasteiger partial charge in [-0.25, -0.2) is 0 Å². The number of carboxylic acids is 1. The number of unbranched alkanes of at least 4 members (excludes halogenated alkanes) is 3. The Morgan fingerprint density at radius 2 is 1.86 bits per heavy atom. The van der Waals surface area contributed by atoms with E-state index in [-0.39, 0.29) is 12.3 Å². The smallest absolute Gasteiger partial charge is 0.303 e. The van der Waals surface area contributed by atoms with Crippen molar-refractivity contribution in [2.45, 2.75) is 38.7 Å². The summed E-state index contributed by atoms with van der Waals surface area (Å²) in [7, 11) is 1.60. The molecule has 5 heteroatoms. The average Bonchev–Trinajstić information content (AvgIpc) is 2.46. The van der Waals surface area contributed by atoms with E-state index in [0.29, 0.717) is 25.1 Å². The Kier molecular flexibility index (Phi) is 8.12. The van der Waals surface area contributed by atoms with Crippen molar-refractivity contribution in [3.05, 3.63) is 35.4 Å². The molecule has 0 radical (unpaired) electrons. The maximum atomic E-state index is 12.1. The zero-order valence-corrected chi connectivity index (χ0v) is 12.4. The second-order valence-electron chi connectivity index (χ2n) is 4.90.